The Morgan fingerprint density at radius 1 is 1.16 bits per heavy atom. The quantitative estimate of drug-likeness (QED) is 0.479. The zero-order valence-electron chi connectivity index (χ0n) is 17.3. The fourth-order valence-corrected chi connectivity index (χ4v) is 3.68. The molecule has 0 radical (unpaired) electrons. The smallest absolute Gasteiger partial charge is 0.116 e. The van der Waals surface area contributed by atoms with E-state index in [-0.39, 0.29) is 0 Å². The number of fused-ring (bicyclic) bond motifs is 1. The molecule has 0 fully saturated rings. The van der Waals surface area contributed by atoms with Gasteiger partial charge in [0.2, 0.25) is 0 Å². The van der Waals surface area contributed by atoms with Crippen LogP contribution in [-0.2, 0) is 0 Å². The van der Waals surface area contributed by atoms with Crippen LogP contribution < -0.4 is 10.6 Å². The van der Waals surface area contributed by atoms with Crippen molar-refractivity contribution in [1.29, 1.82) is 0 Å². The number of H-pyrrole nitrogens is 2. The van der Waals surface area contributed by atoms with Gasteiger partial charge in [0.25, 0.3) is 0 Å². The van der Waals surface area contributed by atoms with Crippen molar-refractivity contribution in [2.24, 2.45) is 0 Å². The van der Waals surface area contributed by atoms with E-state index in [2.05, 4.69) is 42.8 Å². The maximum absolute atomic E-state index is 4.59. The molecular formula is C24H21N7. The van der Waals surface area contributed by atoms with E-state index in [1.807, 2.05) is 61.3 Å². The largest absolute Gasteiger partial charge is 0.352 e. The molecule has 0 unspecified atom stereocenters. The average molecular weight is 407 g/mol. The van der Waals surface area contributed by atoms with E-state index < -0.39 is 0 Å². The van der Waals surface area contributed by atoms with Crippen molar-refractivity contribution in [2.75, 3.05) is 0 Å². The molecule has 0 saturated heterocycles. The van der Waals surface area contributed by atoms with Crippen LogP contribution in [0.5, 0.6) is 0 Å². The van der Waals surface area contributed by atoms with Crippen molar-refractivity contribution in [3.8, 4) is 17.1 Å². The normalized spacial score (nSPS) is 12.7. The number of rotatable bonds is 4. The van der Waals surface area contributed by atoms with Gasteiger partial charge < -0.3 is 9.55 Å². The molecule has 5 heterocycles. The van der Waals surface area contributed by atoms with Crippen LogP contribution >= 0.6 is 0 Å². The van der Waals surface area contributed by atoms with Gasteiger partial charge >= 0.3 is 0 Å². The summed E-state index contributed by atoms with van der Waals surface area (Å²) in [5, 5.41) is 10.7. The number of nitrogens with zero attached hydrogens (tertiary/aromatic N) is 5. The Bertz CT molecular complexity index is 1520. The van der Waals surface area contributed by atoms with Crippen LogP contribution in [0.15, 0.2) is 62.1 Å². The second kappa shape index (κ2) is 7.53. The van der Waals surface area contributed by atoms with Crippen LogP contribution in [0, 0.1) is 6.92 Å². The van der Waals surface area contributed by atoms with E-state index in [1.165, 1.54) is 0 Å². The van der Waals surface area contributed by atoms with Crippen LogP contribution in [0.2, 0.25) is 0 Å². The van der Waals surface area contributed by atoms with Crippen molar-refractivity contribution in [3.05, 3.63) is 83.9 Å². The molecule has 0 aliphatic rings. The SMILES string of the molecule is C=C(/C=c1/c(-c2cc3c(-n4cnc(C)c4)cncc3[nH]2)n[nH]/c1=C/C)c1ccncc1. The van der Waals surface area contributed by atoms with Gasteiger partial charge in [-0.15, -0.1) is 0 Å². The van der Waals surface area contributed by atoms with Crippen molar-refractivity contribution in [1.82, 2.24) is 34.7 Å². The van der Waals surface area contributed by atoms with E-state index in [4.69, 9.17) is 0 Å². The number of hydrogen-bond acceptors (Lipinski definition) is 4. The topological polar surface area (TPSA) is 88.1 Å². The van der Waals surface area contributed by atoms with Crippen molar-refractivity contribution < 1.29 is 0 Å². The van der Waals surface area contributed by atoms with E-state index >= 15 is 0 Å². The van der Waals surface area contributed by atoms with Crippen LogP contribution in [0.25, 0.3) is 45.7 Å². The Labute approximate surface area is 178 Å². The third-order valence-electron chi connectivity index (χ3n) is 5.26. The summed E-state index contributed by atoms with van der Waals surface area (Å²) in [5.74, 6) is 0. The molecule has 5 rings (SSSR count). The molecule has 0 saturated carbocycles. The number of hydrogen-bond donors (Lipinski definition) is 2. The predicted octanol–water partition coefficient (Wildman–Crippen LogP) is 3.14. The monoisotopic (exact) mass is 407 g/mol. The molecule has 7 heteroatoms. The number of nitrogens with one attached hydrogen (secondary N) is 2. The number of aromatic nitrogens is 7. The Kier molecular flexibility index (Phi) is 4.55. The molecule has 7 nitrogen and oxygen atoms in total. The number of imidazole rings is 1. The highest BCUT2D eigenvalue weighted by Crippen LogP contribution is 2.26. The van der Waals surface area contributed by atoms with Gasteiger partial charge in [0.1, 0.15) is 5.69 Å². The van der Waals surface area contributed by atoms with Gasteiger partial charge in [-0.05, 0) is 49.3 Å². The average Bonchev–Trinajstić information content (AvgIpc) is 3.51. The Morgan fingerprint density at radius 2 is 2.00 bits per heavy atom. The Morgan fingerprint density at radius 3 is 2.74 bits per heavy atom. The Balaban J connectivity index is 1.68. The molecule has 5 aromatic rings. The summed E-state index contributed by atoms with van der Waals surface area (Å²) in [6, 6.07) is 5.99. The van der Waals surface area contributed by atoms with Crippen LogP contribution in [0.1, 0.15) is 18.2 Å². The maximum Gasteiger partial charge on any atom is 0.116 e. The van der Waals surface area contributed by atoms with E-state index in [9.17, 15) is 0 Å². The second-order valence-electron chi connectivity index (χ2n) is 7.32. The van der Waals surface area contributed by atoms with E-state index in [0.717, 1.165) is 55.4 Å². The number of allylic oxidation sites excluding steroid dienone is 1. The fraction of sp³-hybridized carbons (Fsp3) is 0.0833. The summed E-state index contributed by atoms with van der Waals surface area (Å²) in [4.78, 5) is 16.3. The third-order valence-corrected chi connectivity index (χ3v) is 5.26. The lowest BCUT2D eigenvalue weighted by Gasteiger charge is -2.02. The van der Waals surface area contributed by atoms with E-state index in [0.29, 0.717) is 0 Å². The molecule has 0 bridgehead atoms. The molecule has 0 atom stereocenters. The molecule has 0 aliphatic heterocycles. The molecule has 0 aliphatic carbocycles. The highest BCUT2D eigenvalue weighted by molar-refractivity contribution is 5.92. The van der Waals surface area contributed by atoms with Crippen molar-refractivity contribution >= 4 is 28.6 Å². The lowest BCUT2D eigenvalue weighted by molar-refractivity contribution is 1.05. The molecule has 0 aromatic carbocycles. The van der Waals surface area contributed by atoms with Gasteiger partial charge in [-0.2, -0.15) is 5.10 Å². The highest BCUT2D eigenvalue weighted by atomic mass is 15.1. The highest BCUT2D eigenvalue weighted by Gasteiger charge is 2.13. The van der Waals surface area contributed by atoms with Crippen LogP contribution in [-0.4, -0.2) is 34.7 Å². The summed E-state index contributed by atoms with van der Waals surface area (Å²) in [6.07, 6.45) is 15.0. The molecular weight excluding hydrogens is 386 g/mol. The lowest BCUT2D eigenvalue weighted by atomic mass is 10.1. The first kappa shape index (κ1) is 18.7. The first-order valence-corrected chi connectivity index (χ1v) is 9.94. The first-order valence-electron chi connectivity index (χ1n) is 9.94. The van der Waals surface area contributed by atoms with E-state index in [1.54, 1.807) is 18.7 Å². The minimum Gasteiger partial charge on any atom is -0.352 e. The van der Waals surface area contributed by atoms with Crippen molar-refractivity contribution in [3.63, 3.8) is 0 Å². The summed E-state index contributed by atoms with van der Waals surface area (Å²) in [6.45, 7) is 8.19. The first-order chi connectivity index (χ1) is 15.1. The number of pyridine rings is 2. The maximum atomic E-state index is 4.59. The molecule has 5 aromatic heterocycles. The summed E-state index contributed by atoms with van der Waals surface area (Å²) >= 11 is 0. The van der Waals surface area contributed by atoms with Crippen LogP contribution in [0.4, 0.5) is 0 Å². The molecule has 152 valence electrons. The molecule has 31 heavy (non-hydrogen) atoms. The van der Waals surface area contributed by atoms with Gasteiger partial charge in [0.05, 0.1) is 46.7 Å². The summed E-state index contributed by atoms with van der Waals surface area (Å²) in [7, 11) is 0. The van der Waals surface area contributed by atoms with Crippen molar-refractivity contribution in [2.45, 2.75) is 13.8 Å². The third kappa shape index (κ3) is 3.36. The second-order valence-corrected chi connectivity index (χ2v) is 7.32. The van der Waals surface area contributed by atoms with Crippen LogP contribution in [0.3, 0.4) is 0 Å². The number of aryl methyl sites for hydroxylation is 1. The summed E-state index contributed by atoms with van der Waals surface area (Å²) < 4.78 is 1.98. The minimum absolute atomic E-state index is 0.826. The lowest BCUT2D eigenvalue weighted by Crippen LogP contribution is -2.23. The standard InChI is InChI=1S/C24H21N7/c1-4-20-19(9-15(2)17-5-7-25-8-6-17)24(30-29-20)21-10-18-22(28-21)11-26-12-23(18)31-13-16(3)27-14-31/h4-14,28-29H,2H2,1,3H3/b19-9+,20-4+. The molecule has 0 spiro atoms. The molecule has 2 N–H and O–H groups in total. The predicted molar refractivity (Wildman–Crippen MR) is 123 cm³/mol. The minimum atomic E-state index is 0.826. The van der Waals surface area contributed by atoms with Gasteiger partial charge in [-0.1, -0.05) is 12.7 Å². The molecule has 0 amide bonds. The summed E-state index contributed by atoms with van der Waals surface area (Å²) in [5.41, 5.74) is 6.48. The zero-order valence-corrected chi connectivity index (χ0v) is 17.3. The zero-order chi connectivity index (χ0) is 21.4. The fourth-order valence-electron chi connectivity index (χ4n) is 3.68. The van der Waals surface area contributed by atoms with Gasteiger partial charge in [0, 0.05) is 29.2 Å². The number of aromatic amines is 2. The Hall–Kier alpha value is -4.26. The van der Waals surface area contributed by atoms with Gasteiger partial charge in [-0.3, -0.25) is 15.1 Å². The van der Waals surface area contributed by atoms with Gasteiger partial charge in [0.15, 0.2) is 0 Å². The van der Waals surface area contributed by atoms with Gasteiger partial charge in [-0.25, -0.2) is 4.98 Å².